The van der Waals surface area contributed by atoms with Crippen LogP contribution in [0.2, 0.25) is 0 Å². The highest BCUT2D eigenvalue weighted by molar-refractivity contribution is 6.18. The van der Waals surface area contributed by atoms with Gasteiger partial charge in [-0.3, -0.25) is 0 Å². The van der Waals surface area contributed by atoms with E-state index in [4.69, 9.17) is 16.0 Å². The third kappa shape index (κ3) is 2.55. The van der Waals surface area contributed by atoms with Gasteiger partial charge >= 0.3 is 0 Å². The number of hydrogen-bond donors (Lipinski definition) is 0. The molecule has 0 radical (unpaired) electrons. The molecule has 17 heavy (non-hydrogen) atoms. The van der Waals surface area contributed by atoms with Crippen LogP contribution in [0.3, 0.4) is 0 Å². The quantitative estimate of drug-likeness (QED) is 0.715. The Morgan fingerprint density at radius 3 is 2.47 bits per heavy atom. The Morgan fingerprint density at radius 2 is 1.94 bits per heavy atom. The van der Waals surface area contributed by atoms with E-state index < -0.39 is 0 Å². The SMILES string of the molecule is CCC(CCl)(Cc1ccoc1)c1ccccc1. The van der Waals surface area contributed by atoms with E-state index in [1.54, 1.807) is 12.5 Å². The molecular formula is C15H17ClO. The monoisotopic (exact) mass is 248 g/mol. The largest absolute Gasteiger partial charge is 0.472 e. The van der Waals surface area contributed by atoms with Crippen LogP contribution in [0.5, 0.6) is 0 Å². The molecule has 1 unspecified atom stereocenters. The molecule has 0 aliphatic rings. The van der Waals surface area contributed by atoms with Gasteiger partial charge in [0.2, 0.25) is 0 Å². The summed E-state index contributed by atoms with van der Waals surface area (Å²) >= 11 is 6.25. The molecule has 1 aromatic carbocycles. The summed E-state index contributed by atoms with van der Waals surface area (Å²) in [6.45, 7) is 2.19. The summed E-state index contributed by atoms with van der Waals surface area (Å²) in [6, 6.07) is 12.5. The number of hydrogen-bond acceptors (Lipinski definition) is 1. The second-order valence-electron chi connectivity index (χ2n) is 4.44. The van der Waals surface area contributed by atoms with E-state index in [1.807, 2.05) is 12.1 Å². The molecule has 1 aromatic heterocycles. The average molecular weight is 249 g/mol. The van der Waals surface area contributed by atoms with Gasteiger partial charge in [-0.2, -0.15) is 0 Å². The Morgan fingerprint density at radius 1 is 1.18 bits per heavy atom. The third-order valence-corrected chi connectivity index (χ3v) is 3.95. The highest BCUT2D eigenvalue weighted by Crippen LogP contribution is 2.33. The molecule has 0 aliphatic carbocycles. The predicted octanol–water partition coefficient (Wildman–Crippen LogP) is 4.41. The number of furan rings is 1. The van der Waals surface area contributed by atoms with E-state index in [0.717, 1.165) is 12.8 Å². The van der Waals surface area contributed by atoms with E-state index in [2.05, 4.69) is 31.2 Å². The summed E-state index contributed by atoms with van der Waals surface area (Å²) < 4.78 is 5.14. The molecule has 0 aliphatic heterocycles. The van der Waals surface area contributed by atoms with Gasteiger partial charge < -0.3 is 4.42 Å². The molecular weight excluding hydrogens is 232 g/mol. The molecule has 0 amide bonds. The van der Waals surface area contributed by atoms with E-state index in [0.29, 0.717) is 5.88 Å². The number of halogens is 1. The Hall–Kier alpha value is -1.21. The molecule has 0 bridgehead atoms. The molecule has 0 saturated heterocycles. The van der Waals surface area contributed by atoms with Crippen molar-refractivity contribution in [3.05, 3.63) is 60.1 Å². The van der Waals surface area contributed by atoms with Crippen LogP contribution in [0.15, 0.2) is 53.3 Å². The Balaban J connectivity index is 2.32. The Labute approximate surface area is 107 Å². The molecule has 0 saturated carbocycles. The van der Waals surface area contributed by atoms with Gasteiger partial charge in [0.25, 0.3) is 0 Å². The average Bonchev–Trinajstić information content (AvgIpc) is 2.90. The topological polar surface area (TPSA) is 13.1 Å². The molecule has 1 atom stereocenters. The van der Waals surface area contributed by atoms with E-state index >= 15 is 0 Å². The Kier molecular flexibility index (Phi) is 3.90. The smallest absolute Gasteiger partial charge is 0.0934 e. The zero-order chi connectivity index (χ0) is 12.1. The maximum Gasteiger partial charge on any atom is 0.0934 e. The van der Waals surface area contributed by atoms with Crippen LogP contribution < -0.4 is 0 Å². The minimum atomic E-state index is 0.00664. The fourth-order valence-corrected chi connectivity index (χ4v) is 2.66. The van der Waals surface area contributed by atoms with Gasteiger partial charge in [-0.15, -0.1) is 11.6 Å². The van der Waals surface area contributed by atoms with Crippen molar-refractivity contribution >= 4 is 11.6 Å². The van der Waals surface area contributed by atoms with Gasteiger partial charge in [0.1, 0.15) is 0 Å². The van der Waals surface area contributed by atoms with Crippen LogP contribution in [0.25, 0.3) is 0 Å². The minimum absolute atomic E-state index is 0.00664. The lowest BCUT2D eigenvalue weighted by molar-refractivity contribution is 0.454. The van der Waals surface area contributed by atoms with E-state index in [-0.39, 0.29) is 5.41 Å². The first-order chi connectivity index (χ1) is 8.30. The summed E-state index contributed by atoms with van der Waals surface area (Å²) in [5.41, 5.74) is 2.52. The fraction of sp³-hybridized carbons (Fsp3) is 0.333. The van der Waals surface area contributed by atoms with Crippen LogP contribution in [-0.2, 0) is 11.8 Å². The van der Waals surface area contributed by atoms with Gasteiger partial charge in [-0.25, -0.2) is 0 Å². The van der Waals surface area contributed by atoms with Crippen LogP contribution in [0, 0.1) is 0 Å². The van der Waals surface area contributed by atoms with Crippen molar-refractivity contribution in [2.75, 3.05) is 5.88 Å². The molecule has 2 heteroatoms. The molecule has 0 spiro atoms. The normalized spacial score (nSPS) is 14.5. The molecule has 90 valence electrons. The fourth-order valence-electron chi connectivity index (χ4n) is 2.23. The van der Waals surface area contributed by atoms with Crippen LogP contribution >= 0.6 is 11.6 Å². The zero-order valence-corrected chi connectivity index (χ0v) is 10.8. The van der Waals surface area contributed by atoms with E-state index in [1.165, 1.54) is 11.1 Å². The minimum Gasteiger partial charge on any atom is -0.472 e. The standard InChI is InChI=1S/C15H17ClO/c1-2-15(12-16,10-13-8-9-17-11-13)14-6-4-3-5-7-14/h3-9,11H,2,10,12H2,1H3. The molecule has 0 N–H and O–H groups in total. The first-order valence-electron chi connectivity index (χ1n) is 5.93. The lowest BCUT2D eigenvalue weighted by atomic mass is 9.75. The van der Waals surface area contributed by atoms with Crippen LogP contribution in [0.1, 0.15) is 24.5 Å². The highest BCUT2D eigenvalue weighted by atomic mass is 35.5. The van der Waals surface area contributed by atoms with Crippen molar-refractivity contribution in [3.8, 4) is 0 Å². The van der Waals surface area contributed by atoms with Gasteiger partial charge in [-0.1, -0.05) is 37.3 Å². The molecule has 1 nitrogen and oxygen atoms in total. The van der Waals surface area contributed by atoms with E-state index in [9.17, 15) is 0 Å². The lowest BCUT2D eigenvalue weighted by Gasteiger charge is -2.31. The summed E-state index contributed by atoms with van der Waals surface area (Å²) in [5, 5.41) is 0. The maximum absolute atomic E-state index is 6.25. The van der Waals surface area contributed by atoms with Crippen molar-refractivity contribution in [1.82, 2.24) is 0 Å². The van der Waals surface area contributed by atoms with Gasteiger partial charge in [0.15, 0.2) is 0 Å². The second-order valence-corrected chi connectivity index (χ2v) is 4.71. The summed E-state index contributed by atoms with van der Waals surface area (Å²) in [7, 11) is 0. The van der Waals surface area contributed by atoms with Crippen molar-refractivity contribution in [3.63, 3.8) is 0 Å². The van der Waals surface area contributed by atoms with Gasteiger partial charge in [-0.05, 0) is 30.0 Å². The van der Waals surface area contributed by atoms with Crippen LogP contribution in [0.4, 0.5) is 0 Å². The molecule has 1 heterocycles. The number of benzene rings is 1. The number of rotatable bonds is 5. The van der Waals surface area contributed by atoms with Crippen LogP contribution in [-0.4, -0.2) is 5.88 Å². The summed E-state index contributed by atoms with van der Waals surface area (Å²) in [6.07, 6.45) is 5.47. The van der Waals surface area contributed by atoms with Crippen molar-refractivity contribution in [2.24, 2.45) is 0 Å². The second kappa shape index (κ2) is 5.42. The third-order valence-electron chi connectivity index (χ3n) is 3.44. The van der Waals surface area contributed by atoms with Gasteiger partial charge in [0.05, 0.1) is 12.5 Å². The maximum atomic E-state index is 6.25. The molecule has 0 fully saturated rings. The van der Waals surface area contributed by atoms with Crippen molar-refractivity contribution in [2.45, 2.75) is 25.2 Å². The van der Waals surface area contributed by atoms with Gasteiger partial charge in [0, 0.05) is 11.3 Å². The highest BCUT2D eigenvalue weighted by Gasteiger charge is 2.29. The summed E-state index contributed by atoms with van der Waals surface area (Å²) in [4.78, 5) is 0. The summed E-state index contributed by atoms with van der Waals surface area (Å²) in [5.74, 6) is 0.624. The first kappa shape index (κ1) is 12.3. The molecule has 2 rings (SSSR count). The lowest BCUT2D eigenvalue weighted by Crippen LogP contribution is -2.30. The molecule has 2 aromatic rings. The Bertz CT molecular complexity index is 429. The number of alkyl halides is 1. The van der Waals surface area contributed by atoms with Crippen molar-refractivity contribution < 1.29 is 4.42 Å². The first-order valence-corrected chi connectivity index (χ1v) is 6.47. The zero-order valence-electron chi connectivity index (χ0n) is 10.0. The predicted molar refractivity (Wildman–Crippen MR) is 71.5 cm³/mol. The van der Waals surface area contributed by atoms with Crippen molar-refractivity contribution in [1.29, 1.82) is 0 Å².